The number of methoxy groups -OCH3 is 3. The average Bonchev–Trinajstić information content (AvgIpc) is 3.24. The van der Waals surface area contributed by atoms with E-state index < -0.39 is 6.10 Å². The van der Waals surface area contributed by atoms with Crippen LogP contribution in [0.2, 0.25) is 0 Å². The summed E-state index contributed by atoms with van der Waals surface area (Å²) in [6, 6.07) is 13.8. The lowest BCUT2D eigenvalue weighted by Crippen LogP contribution is -2.39. The molecule has 1 unspecified atom stereocenters. The van der Waals surface area contributed by atoms with Gasteiger partial charge in [-0.3, -0.25) is 0 Å². The Bertz CT molecular complexity index is 1000. The monoisotopic (exact) mass is 443 g/mol. The fourth-order valence-electron chi connectivity index (χ4n) is 3.18. The Labute approximate surface area is 186 Å². The van der Waals surface area contributed by atoms with Crippen molar-refractivity contribution < 1.29 is 19.3 Å². The quantitative estimate of drug-likeness (QED) is 0.345. The molecule has 0 aliphatic heterocycles. The molecule has 1 atom stereocenters. The molecule has 0 amide bonds. The lowest BCUT2D eigenvalue weighted by molar-refractivity contribution is 0.184. The zero-order valence-electron chi connectivity index (χ0n) is 18.3. The van der Waals surface area contributed by atoms with Crippen molar-refractivity contribution in [2.45, 2.75) is 19.6 Å². The van der Waals surface area contributed by atoms with Crippen molar-refractivity contribution in [1.82, 2.24) is 10.6 Å². The summed E-state index contributed by atoms with van der Waals surface area (Å²) in [4.78, 5) is 5.56. The molecule has 3 rings (SSSR count). The largest absolute Gasteiger partial charge is 0.496 e. The van der Waals surface area contributed by atoms with Gasteiger partial charge in [0.05, 0.1) is 27.9 Å². The van der Waals surface area contributed by atoms with Crippen LogP contribution in [0.3, 0.4) is 0 Å². The van der Waals surface area contributed by atoms with Crippen LogP contribution in [0, 0.1) is 0 Å². The summed E-state index contributed by atoms with van der Waals surface area (Å²) in [6.07, 6.45) is -0.628. The maximum absolute atomic E-state index is 10.6. The van der Waals surface area contributed by atoms with Crippen LogP contribution < -0.4 is 24.8 Å². The number of aliphatic hydroxyl groups excluding tert-OH is 1. The molecule has 1 aromatic heterocycles. The smallest absolute Gasteiger partial charge is 0.191 e. The summed E-state index contributed by atoms with van der Waals surface area (Å²) in [5.41, 5.74) is 0.863. The molecule has 0 radical (unpaired) electrons. The minimum atomic E-state index is -0.628. The van der Waals surface area contributed by atoms with Gasteiger partial charge in [-0.05, 0) is 30.5 Å². The van der Waals surface area contributed by atoms with Gasteiger partial charge >= 0.3 is 0 Å². The van der Waals surface area contributed by atoms with E-state index in [1.807, 2.05) is 31.2 Å². The summed E-state index contributed by atoms with van der Waals surface area (Å²) >= 11 is 1.60. The summed E-state index contributed by atoms with van der Waals surface area (Å²) in [6.45, 7) is 3.42. The maximum Gasteiger partial charge on any atom is 0.191 e. The molecule has 0 fully saturated rings. The average molecular weight is 444 g/mol. The minimum Gasteiger partial charge on any atom is -0.496 e. The van der Waals surface area contributed by atoms with E-state index in [1.165, 1.54) is 0 Å². The van der Waals surface area contributed by atoms with Crippen molar-refractivity contribution in [2.24, 2.45) is 4.99 Å². The number of rotatable bonds is 9. The Kier molecular flexibility index (Phi) is 7.97. The van der Waals surface area contributed by atoms with Crippen LogP contribution in [0.5, 0.6) is 17.2 Å². The Morgan fingerprint density at radius 3 is 2.39 bits per heavy atom. The van der Waals surface area contributed by atoms with E-state index in [2.05, 4.69) is 27.8 Å². The number of ether oxygens (including phenoxy) is 3. The number of nitrogens with zero attached hydrogens (tertiary/aromatic N) is 1. The van der Waals surface area contributed by atoms with E-state index in [4.69, 9.17) is 14.2 Å². The normalized spacial score (nSPS) is 12.5. The molecule has 0 saturated heterocycles. The van der Waals surface area contributed by atoms with Crippen LogP contribution in [-0.4, -0.2) is 45.5 Å². The first-order valence-electron chi connectivity index (χ1n) is 10.1. The summed E-state index contributed by atoms with van der Waals surface area (Å²) in [5, 5.41) is 18.2. The van der Waals surface area contributed by atoms with Gasteiger partial charge in [0.15, 0.2) is 17.5 Å². The zero-order chi connectivity index (χ0) is 22.2. The molecule has 1 heterocycles. The number of benzene rings is 2. The number of hydrogen-bond donors (Lipinski definition) is 3. The molecule has 31 heavy (non-hydrogen) atoms. The predicted molar refractivity (Wildman–Crippen MR) is 126 cm³/mol. The van der Waals surface area contributed by atoms with E-state index in [1.54, 1.807) is 38.7 Å². The molecule has 8 heteroatoms. The van der Waals surface area contributed by atoms with E-state index in [0.29, 0.717) is 42.8 Å². The first-order valence-corrected chi connectivity index (χ1v) is 10.9. The second-order valence-electron chi connectivity index (χ2n) is 6.80. The van der Waals surface area contributed by atoms with Gasteiger partial charge in [0.25, 0.3) is 0 Å². The van der Waals surface area contributed by atoms with Crippen LogP contribution >= 0.6 is 11.3 Å². The van der Waals surface area contributed by atoms with Crippen molar-refractivity contribution in [3.63, 3.8) is 0 Å². The van der Waals surface area contributed by atoms with Gasteiger partial charge in [-0.2, -0.15) is 0 Å². The molecule has 0 bridgehead atoms. The standard InChI is InChI=1S/C23H29N3O4S/c1-5-24-23(25-13-16-10-19(29-3)20(30-4)12-18(16)28-2)26-14-17(27)22-11-15-8-6-7-9-21(15)31-22/h6-12,17,27H,5,13-14H2,1-4H3,(H2,24,25,26). The molecule has 2 aromatic carbocycles. The number of aliphatic imine (C=N–C) groups is 1. The van der Waals surface area contributed by atoms with E-state index in [9.17, 15) is 5.11 Å². The van der Waals surface area contributed by atoms with E-state index in [-0.39, 0.29) is 0 Å². The Morgan fingerprint density at radius 2 is 1.71 bits per heavy atom. The predicted octanol–water partition coefficient (Wildman–Crippen LogP) is 3.72. The van der Waals surface area contributed by atoms with Gasteiger partial charge in [0.2, 0.25) is 0 Å². The lowest BCUT2D eigenvalue weighted by atomic mass is 10.1. The van der Waals surface area contributed by atoms with Gasteiger partial charge in [0.1, 0.15) is 11.9 Å². The van der Waals surface area contributed by atoms with Crippen molar-refractivity contribution in [1.29, 1.82) is 0 Å². The molecular weight excluding hydrogens is 414 g/mol. The second-order valence-corrected chi connectivity index (χ2v) is 7.91. The van der Waals surface area contributed by atoms with Crippen LogP contribution in [0.4, 0.5) is 0 Å². The number of fused-ring (bicyclic) bond motifs is 1. The second kappa shape index (κ2) is 10.9. The molecule has 0 saturated carbocycles. The fourth-order valence-corrected chi connectivity index (χ4v) is 4.23. The third-order valence-electron chi connectivity index (χ3n) is 4.77. The minimum absolute atomic E-state index is 0.349. The van der Waals surface area contributed by atoms with Crippen molar-refractivity contribution in [3.05, 3.63) is 52.9 Å². The van der Waals surface area contributed by atoms with Gasteiger partial charge in [-0.15, -0.1) is 11.3 Å². The molecule has 0 aliphatic rings. The van der Waals surface area contributed by atoms with Crippen molar-refractivity contribution in [3.8, 4) is 17.2 Å². The highest BCUT2D eigenvalue weighted by Gasteiger charge is 2.14. The summed E-state index contributed by atoms with van der Waals surface area (Å²) in [7, 11) is 4.79. The molecular formula is C23H29N3O4S. The van der Waals surface area contributed by atoms with Gasteiger partial charge in [-0.25, -0.2) is 4.99 Å². The molecule has 3 N–H and O–H groups in total. The fraction of sp³-hybridized carbons (Fsp3) is 0.348. The van der Waals surface area contributed by atoms with Crippen LogP contribution in [-0.2, 0) is 6.54 Å². The number of aliphatic hydroxyl groups is 1. The number of thiophene rings is 1. The highest BCUT2D eigenvalue weighted by Crippen LogP contribution is 2.35. The molecule has 166 valence electrons. The Hall–Kier alpha value is -2.97. The topological polar surface area (TPSA) is 84.3 Å². The first-order chi connectivity index (χ1) is 15.1. The first kappa shape index (κ1) is 22.7. The Morgan fingerprint density at radius 1 is 1.00 bits per heavy atom. The number of nitrogens with one attached hydrogen (secondary N) is 2. The van der Waals surface area contributed by atoms with E-state index >= 15 is 0 Å². The third-order valence-corrected chi connectivity index (χ3v) is 5.99. The summed E-state index contributed by atoms with van der Waals surface area (Å²) in [5.74, 6) is 2.50. The van der Waals surface area contributed by atoms with Crippen LogP contribution in [0.25, 0.3) is 10.1 Å². The van der Waals surface area contributed by atoms with E-state index in [0.717, 1.165) is 20.5 Å². The molecule has 0 spiro atoms. The molecule has 3 aromatic rings. The van der Waals surface area contributed by atoms with Crippen molar-refractivity contribution in [2.75, 3.05) is 34.4 Å². The van der Waals surface area contributed by atoms with Gasteiger partial charge in [-0.1, -0.05) is 18.2 Å². The third kappa shape index (κ3) is 5.59. The van der Waals surface area contributed by atoms with Crippen LogP contribution in [0.15, 0.2) is 47.5 Å². The molecule has 7 nitrogen and oxygen atoms in total. The SMILES string of the molecule is CCNC(=NCc1cc(OC)c(OC)cc1OC)NCC(O)c1cc2ccccc2s1. The number of guanidine groups is 1. The maximum atomic E-state index is 10.6. The highest BCUT2D eigenvalue weighted by molar-refractivity contribution is 7.19. The van der Waals surface area contributed by atoms with Gasteiger partial charge < -0.3 is 30.0 Å². The number of hydrogen-bond acceptors (Lipinski definition) is 6. The molecule has 0 aliphatic carbocycles. The van der Waals surface area contributed by atoms with Gasteiger partial charge in [0, 0.05) is 34.3 Å². The van der Waals surface area contributed by atoms with Crippen molar-refractivity contribution >= 4 is 27.4 Å². The van der Waals surface area contributed by atoms with Crippen LogP contribution in [0.1, 0.15) is 23.5 Å². The lowest BCUT2D eigenvalue weighted by Gasteiger charge is -2.16. The summed E-state index contributed by atoms with van der Waals surface area (Å²) < 4.78 is 17.4. The zero-order valence-corrected chi connectivity index (χ0v) is 19.1. The Balaban J connectivity index is 1.71. The highest BCUT2D eigenvalue weighted by atomic mass is 32.1.